The van der Waals surface area contributed by atoms with Crippen LogP contribution in [0.15, 0.2) is 121 Å². The third-order valence-corrected chi connectivity index (χ3v) is 7.39. The second kappa shape index (κ2) is 18.1. The summed E-state index contributed by atoms with van der Waals surface area (Å²) < 4.78 is 25.0. The Hall–Kier alpha value is -2.78. The normalized spacial score (nSPS) is 15.1. The van der Waals surface area contributed by atoms with E-state index in [0.29, 0.717) is 6.61 Å². The minimum atomic E-state index is -1.35. The number of aliphatic hydroxyl groups is 2. The summed E-state index contributed by atoms with van der Waals surface area (Å²) in [5, 5.41) is 22.8. The average molecular weight is 626 g/mol. The molecule has 0 radical (unpaired) electrons. The molecule has 0 aliphatic rings. The summed E-state index contributed by atoms with van der Waals surface area (Å²) in [5.74, 6) is 0. The van der Waals surface area contributed by atoms with Gasteiger partial charge in [0.15, 0.2) is 0 Å². The summed E-state index contributed by atoms with van der Waals surface area (Å²) in [7, 11) is 0. The Kier molecular flexibility index (Phi) is 14.0. The third kappa shape index (κ3) is 11.0. The van der Waals surface area contributed by atoms with Crippen LogP contribution >= 0.6 is 23.2 Å². The quantitative estimate of drug-likeness (QED) is 0.123. The zero-order valence-corrected chi connectivity index (χ0v) is 25.3. The average Bonchev–Trinajstić information content (AvgIpc) is 3.05. The molecule has 4 aromatic rings. The van der Waals surface area contributed by atoms with Crippen molar-refractivity contribution in [3.63, 3.8) is 0 Å². The first-order valence-corrected chi connectivity index (χ1v) is 15.1. The number of benzene rings is 4. The predicted molar refractivity (Wildman–Crippen MR) is 169 cm³/mol. The van der Waals surface area contributed by atoms with Gasteiger partial charge in [-0.1, -0.05) is 121 Å². The monoisotopic (exact) mass is 624 g/mol. The standard InChI is InChI=1S/C35H38Cl2O6/c36-35(37)31(39)33(42-23-28-17-9-3-10-18-28)34(43-24-29-19-11-4-12-20-29)32(41-22-27-15-7-2-8-16-27)30(38)25-40-21-26-13-5-1-6-14-26/h1-20,30-35,38-39H,21-25H2/t30?,31?,32-,33-,34+/m1/s1. The largest absolute Gasteiger partial charge is 0.388 e. The Morgan fingerprint density at radius 1 is 0.465 bits per heavy atom. The second-order valence-electron chi connectivity index (χ2n) is 10.2. The van der Waals surface area contributed by atoms with Gasteiger partial charge in [-0.25, -0.2) is 0 Å². The van der Waals surface area contributed by atoms with Crippen LogP contribution in [0.2, 0.25) is 0 Å². The molecule has 0 spiro atoms. The van der Waals surface area contributed by atoms with E-state index in [2.05, 4.69) is 0 Å². The smallest absolute Gasteiger partial charge is 0.136 e. The highest BCUT2D eigenvalue weighted by Gasteiger charge is 2.42. The summed E-state index contributed by atoms with van der Waals surface area (Å²) in [6.45, 7) is 0.758. The van der Waals surface area contributed by atoms with Gasteiger partial charge in [0.2, 0.25) is 0 Å². The lowest BCUT2D eigenvalue weighted by Gasteiger charge is -2.38. The van der Waals surface area contributed by atoms with Crippen LogP contribution in [0.1, 0.15) is 22.3 Å². The van der Waals surface area contributed by atoms with Gasteiger partial charge in [-0.05, 0) is 22.3 Å². The molecular formula is C35H38Cl2O6. The van der Waals surface area contributed by atoms with Gasteiger partial charge < -0.3 is 29.2 Å². The fourth-order valence-electron chi connectivity index (χ4n) is 4.60. The summed E-state index contributed by atoms with van der Waals surface area (Å²) >= 11 is 12.5. The maximum Gasteiger partial charge on any atom is 0.136 e. The van der Waals surface area contributed by atoms with E-state index in [4.69, 9.17) is 42.1 Å². The Morgan fingerprint density at radius 3 is 1.21 bits per heavy atom. The molecular weight excluding hydrogens is 587 g/mol. The minimum absolute atomic E-state index is 0.0494. The fourth-order valence-corrected chi connectivity index (χ4v) is 4.89. The van der Waals surface area contributed by atoms with Crippen molar-refractivity contribution < 1.29 is 29.2 Å². The highest BCUT2D eigenvalue weighted by atomic mass is 35.5. The number of alkyl halides is 2. The minimum Gasteiger partial charge on any atom is -0.388 e. The van der Waals surface area contributed by atoms with Crippen LogP contribution in [0, 0.1) is 0 Å². The van der Waals surface area contributed by atoms with Crippen molar-refractivity contribution in [2.24, 2.45) is 0 Å². The van der Waals surface area contributed by atoms with Gasteiger partial charge in [0.1, 0.15) is 35.4 Å². The summed E-state index contributed by atoms with van der Waals surface area (Å²) in [6.07, 6.45) is -5.53. The Labute approximate surface area is 263 Å². The van der Waals surface area contributed by atoms with Crippen LogP contribution in [0.25, 0.3) is 0 Å². The van der Waals surface area contributed by atoms with Crippen LogP contribution in [0.3, 0.4) is 0 Å². The first kappa shape index (κ1) is 33.1. The SMILES string of the molecule is OC(COCc1ccccc1)[C@@H](OCc1ccccc1)[C@H](OCc1ccccc1)[C@H](OCc1ccccc1)C(O)C(Cl)Cl. The van der Waals surface area contributed by atoms with Crippen molar-refractivity contribution in [2.45, 2.75) is 61.8 Å². The lowest BCUT2D eigenvalue weighted by atomic mass is 9.98. The first-order valence-electron chi connectivity index (χ1n) is 14.2. The van der Waals surface area contributed by atoms with Crippen molar-refractivity contribution >= 4 is 23.2 Å². The Bertz CT molecular complexity index is 1280. The number of ether oxygens (including phenoxy) is 4. The van der Waals surface area contributed by atoms with Gasteiger partial charge in [-0.3, -0.25) is 0 Å². The topological polar surface area (TPSA) is 77.4 Å². The zero-order chi connectivity index (χ0) is 30.3. The van der Waals surface area contributed by atoms with Crippen LogP contribution in [-0.2, 0) is 45.4 Å². The van der Waals surface area contributed by atoms with Gasteiger partial charge in [-0.15, -0.1) is 23.2 Å². The van der Waals surface area contributed by atoms with E-state index in [1.54, 1.807) is 0 Å². The zero-order valence-electron chi connectivity index (χ0n) is 23.8. The number of hydrogen-bond acceptors (Lipinski definition) is 6. The molecule has 0 aromatic heterocycles. The highest BCUT2D eigenvalue weighted by molar-refractivity contribution is 6.44. The molecule has 2 N–H and O–H groups in total. The molecule has 4 aromatic carbocycles. The van der Waals surface area contributed by atoms with E-state index in [1.165, 1.54) is 0 Å². The van der Waals surface area contributed by atoms with Crippen molar-refractivity contribution in [3.05, 3.63) is 144 Å². The second-order valence-corrected chi connectivity index (χ2v) is 11.3. The van der Waals surface area contributed by atoms with E-state index in [-0.39, 0.29) is 26.4 Å². The number of aliphatic hydroxyl groups excluding tert-OH is 2. The van der Waals surface area contributed by atoms with E-state index >= 15 is 0 Å². The van der Waals surface area contributed by atoms with Crippen molar-refractivity contribution in [1.82, 2.24) is 0 Å². The Morgan fingerprint density at radius 2 is 0.814 bits per heavy atom. The van der Waals surface area contributed by atoms with Crippen LogP contribution in [0.5, 0.6) is 0 Å². The van der Waals surface area contributed by atoms with Gasteiger partial charge >= 0.3 is 0 Å². The predicted octanol–water partition coefficient (Wildman–Crippen LogP) is 6.48. The molecule has 0 bridgehead atoms. The Balaban J connectivity index is 1.62. The summed E-state index contributed by atoms with van der Waals surface area (Å²) in [5.41, 5.74) is 3.66. The van der Waals surface area contributed by atoms with Gasteiger partial charge in [0, 0.05) is 0 Å². The molecule has 0 aliphatic heterocycles. The lowest BCUT2D eigenvalue weighted by Crippen LogP contribution is -2.54. The van der Waals surface area contributed by atoms with Crippen LogP contribution in [-0.4, -0.2) is 52.2 Å². The van der Waals surface area contributed by atoms with E-state index < -0.39 is 35.4 Å². The van der Waals surface area contributed by atoms with Crippen LogP contribution < -0.4 is 0 Å². The van der Waals surface area contributed by atoms with Crippen molar-refractivity contribution in [1.29, 1.82) is 0 Å². The van der Waals surface area contributed by atoms with Gasteiger partial charge in [0.25, 0.3) is 0 Å². The van der Waals surface area contributed by atoms with E-state index in [1.807, 2.05) is 121 Å². The lowest BCUT2D eigenvalue weighted by molar-refractivity contribution is -0.204. The molecule has 4 rings (SSSR count). The molecule has 5 atom stereocenters. The van der Waals surface area contributed by atoms with Crippen molar-refractivity contribution in [2.75, 3.05) is 6.61 Å². The highest BCUT2D eigenvalue weighted by Crippen LogP contribution is 2.26. The van der Waals surface area contributed by atoms with E-state index in [9.17, 15) is 10.2 Å². The molecule has 0 heterocycles. The molecule has 2 unspecified atom stereocenters. The molecule has 0 fully saturated rings. The molecule has 43 heavy (non-hydrogen) atoms. The van der Waals surface area contributed by atoms with Gasteiger partial charge in [-0.2, -0.15) is 0 Å². The van der Waals surface area contributed by atoms with Gasteiger partial charge in [0.05, 0.1) is 33.0 Å². The van der Waals surface area contributed by atoms with Crippen LogP contribution in [0.4, 0.5) is 0 Å². The molecule has 228 valence electrons. The summed E-state index contributed by atoms with van der Waals surface area (Å²) in [6, 6.07) is 38.4. The third-order valence-electron chi connectivity index (χ3n) is 6.88. The molecule has 8 heteroatoms. The molecule has 0 aliphatic carbocycles. The van der Waals surface area contributed by atoms with E-state index in [0.717, 1.165) is 22.3 Å². The fraction of sp³-hybridized carbons (Fsp3) is 0.314. The molecule has 0 saturated carbocycles. The molecule has 6 nitrogen and oxygen atoms in total. The first-order chi connectivity index (χ1) is 21.0. The molecule has 0 amide bonds. The number of halogens is 2. The number of rotatable bonds is 18. The van der Waals surface area contributed by atoms with Crippen molar-refractivity contribution in [3.8, 4) is 0 Å². The maximum atomic E-state index is 11.6. The molecule has 0 saturated heterocycles. The maximum absolute atomic E-state index is 11.6. The summed E-state index contributed by atoms with van der Waals surface area (Å²) in [4.78, 5) is -1.19. The number of hydrogen-bond donors (Lipinski definition) is 2.